The summed E-state index contributed by atoms with van der Waals surface area (Å²) in [6, 6.07) is 5.06. The average molecular weight is 350 g/mol. The molecule has 19 heavy (non-hydrogen) atoms. The van der Waals surface area contributed by atoms with Crippen molar-refractivity contribution in [2.75, 3.05) is 19.8 Å². The van der Waals surface area contributed by atoms with Crippen molar-refractivity contribution in [3.05, 3.63) is 28.2 Å². The van der Waals surface area contributed by atoms with Gasteiger partial charge in [-0.25, -0.2) is 13.1 Å². The second kappa shape index (κ2) is 5.49. The Balaban J connectivity index is 2.16. The van der Waals surface area contributed by atoms with E-state index in [4.69, 9.17) is 4.74 Å². The molecule has 0 amide bonds. The van der Waals surface area contributed by atoms with Crippen LogP contribution in [0.3, 0.4) is 0 Å². The minimum absolute atomic E-state index is 0.0404. The van der Waals surface area contributed by atoms with E-state index in [9.17, 15) is 13.5 Å². The molecule has 1 aliphatic heterocycles. The summed E-state index contributed by atoms with van der Waals surface area (Å²) in [7, 11) is -3.63. The molecular formula is C12H16BrNO4S. The largest absolute Gasteiger partial charge is 0.386 e. The summed E-state index contributed by atoms with van der Waals surface area (Å²) in [6.07, 6.45) is 0.437. The van der Waals surface area contributed by atoms with Crippen LogP contribution in [0, 0.1) is 6.92 Å². The number of hydrogen-bond donors (Lipinski definition) is 2. The summed E-state index contributed by atoms with van der Waals surface area (Å²) in [5.41, 5.74) is -0.446. The van der Waals surface area contributed by atoms with Crippen molar-refractivity contribution in [1.82, 2.24) is 4.72 Å². The van der Waals surface area contributed by atoms with Gasteiger partial charge in [0, 0.05) is 24.0 Å². The van der Waals surface area contributed by atoms with Crippen LogP contribution in [0.15, 0.2) is 27.6 Å². The molecule has 1 aliphatic rings. The molecule has 0 spiro atoms. The minimum Gasteiger partial charge on any atom is -0.386 e. The van der Waals surface area contributed by atoms with Gasteiger partial charge in [-0.1, -0.05) is 22.0 Å². The summed E-state index contributed by atoms with van der Waals surface area (Å²) in [5.74, 6) is 0. The number of benzene rings is 1. The topological polar surface area (TPSA) is 75.6 Å². The highest BCUT2D eigenvalue weighted by atomic mass is 79.9. The Bertz CT molecular complexity index is 567. The van der Waals surface area contributed by atoms with Gasteiger partial charge in [-0.05, 0) is 24.6 Å². The number of nitrogens with one attached hydrogen (secondary N) is 1. The van der Waals surface area contributed by atoms with E-state index in [2.05, 4.69) is 20.7 Å². The molecule has 0 aromatic heterocycles. The van der Waals surface area contributed by atoms with E-state index in [0.29, 0.717) is 23.1 Å². The van der Waals surface area contributed by atoms with Crippen molar-refractivity contribution in [1.29, 1.82) is 0 Å². The quantitative estimate of drug-likeness (QED) is 0.855. The Hall–Kier alpha value is -0.470. The monoisotopic (exact) mass is 349 g/mol. The lowest BCUT2D eigenvalue weighted by atomic mass is 10.1. The lowest BCUT2D eigenvalue weighted by molar-refractivity contribution is 0.0314. The van der Waals surface area contributed by atoms with E-state index in [-0.39, 0.29) is 18.0 Å². The zero-order chi connectivity index (χ0) is 14.1. The van der Waals surface area contributed by atoms with E-state index in [1.54, 1.807) is 25.1 Å². The fourth-order valence-corrected chi connectivity index (χ4v) is 3.81. The molecule has 1 aromatic rings. The van der Waals surface area contributed by atoms with Crippen molar-refractivity contribution in [3.8, 4) is 0 Å². The van der Waals surface area contributed by atoms with Crippen molar-refractivity contribution in [3.63, 3.8) is 0 Å². The van der Waals surface area contributed by atoms with Gasteiger partial charge in [0.1, 0.15) is 5.60 Å². The Kier molecular flexibility index (Phi) is 4.32. The van der Waals surface area contributed by atoms with Crippen LogP contribution in [-0.2, 0) is 14.8 Å². The van der Waals surface area contributed by atoms with Gasteiger partial charge in [-0.2, -0.15) is 0 Å². The van der Waals surface area contributed by atoms with E-state index in [1.165, 1.54) is 0 Å². The molecule has 1 fully saturated rings. The van der Waals surface area contributed by atoms with Crippen molar-refractivity contribution in [2.45, 2.75) is 23.8 Å². The molecule has 1 saturated heterocycles. The number of ether oxygens (including phenoxy) is 1. The highest BCUT2D eigenvalue weighted by Crippen LogP contribution is 2.22. The smallest absolute Gasteiger partial charge is 0.240 e. The van der Waals surface area contributed by atoms with Gasteiger partial charge in [0.2, 0.25) is 10.0 Å². The molecule has 1 heterocycles. The molecule has 2 N–H and O–H groups in total. The Morgan fingerprint density at radius 2 is 2.26 bits per heavy atom. The molecule has 1 unspecified atom stereocenters. The van der Waals surface area contributed by atoms with E-state index < -0.39 is 15.6 Å². The van der Waals surface area contributed by atoms with Crippen LogP contribution in [-0.4, -0.2) is 38.9 Å². The van der Waals surface area contributed by atoms with E-state index in [1.807, 2.05) is 0 Å². The van der Waals surface area contributed by atoms with Crippen LogP contribution >= 0.6 is 15.9 Å². The second-order valence-corrected chi connectivity index (χ2v) is 7.41. The van der Waals surface area contributed by atoms with Crippen LogP contribution in [0.25, 0.3) is 0 Å². The Morgan fingerprint density at radius 1 is 1.53 bits per heavy atom. The predicted molar refractivity (Wildman–Crippen MR) is 74.5 cm³/mol. The van der Waals surface area contributed by atoms with Gasteiger partial charge in [0.15, 0.2) is 0 Å². The molecule has 0 radical (unpaired) electrons. The SMILES string of the molecule is Cc1ccc(Br)cc1S(=O)(=O)NCC1(O)CCOC1. The Labute approximate surface area is 121 Å². The maximum Gasteiger partial charge on any atom is 0.240 e. The first kappa shape index (κ1) is 14.9. The van der Waals surface area contributed by atoms with Gasteiger partial charge < -0.3 is 9.84 Å². The first-order chi connectivity index (χ1) is 8.82. The molecule has 106 valence electrons. The fraction of sp³-hybridized carbons (Fsp3) is 0.500. The summed E-state index contributed by atoms with van der Waals surface area (Å²) in [4.78, 5) is 0.212. The first-order valence-corrected chi connectivity index (χ1v) is 8.16. The summed E-state index contributed by atoms with van der Waals surface area (Å²) in [6.45, 7) is 2.30. The summed E-state index contributed by atoms with van der Waals surface area (Å²) >= 11 is 3.26. The maximum atomic E-state index is 12.2. The molecule has 0 aliphatic carbocycles. The summed E-state index contributed by atoms with van der Waals surface area (Å²) in [5, 5.41) is 10.1. The van der Waals surface area contributed by atoms with Gasteiger partial charge in [-0.15, -0.1) is 0 Å². The second-order valence-electron chi connectivity index (χ2n) is 4.76. The number of sulfonamides is 1. The number of halogens is 1. The fourth-order valence-electron chi connectivity index (χ4n) is 1.91. The third kappa shape index (κ3) is 3.55. The van der Waals surface area contributed by atoms with E-state index in [0.717, 1.165) is 0 Å². The standard InChI is InChI=1S/C12H16BrNO4S/c1-9-2-3-10(13)6-11(9)19(16,17)14-7-12(15)4-5-18-8-12/h2-3,6,14-15H,4-5,7-8H2,1H3. The van der Waals surface area contributed by atoms with Crippen LogP contribution in [0.1, 0.15) is 12.0 Å². The zero-order valence-electron chi connectivity index (χ0n) is 10.5. The number of rotatable bonds is 4. The van der Waals surface area contributed by atoms with E-state index >= 15 is 0 Å². The highest BCUT2D eigenvalue weighted by Gasteiger charge is 2.33. The number of hydrogen-bond acceptors (Lipinski definition) is 4. The van der Waals surface area contributed by atoms with Crippen LogP contribution in [0.2, 0.25) is 0 Å². The third-order valence-electron chi connectivity index (χ3n) is 3.11. The number of aliphatic hydroxyl groups is 1. The molecule has 5 nitrogen and oxygen atoms in total. The zero-order valence-corrected chi connectivity index (χ0v) is 12.9. The van der Waals surface area contributed by atoms with Crippen molar-refractivity contribution in [2.24, 2.45) is 0 Å². The van der Waals surface area contributed by atoms with Gasteiger partial charge in [0.05, 0.1) is 11.5 Å². The third-order valence-corrected chi connectivity index (χ3v) is 5.15. The van der Waals surface area contributed by atoms with Gasteiger partial charge in [-0.3, -0.25) is 0 Å². The van der Waals surface area contributed by atoms with Crippen LogP contribution < -0.4 is 4.72 Å². The van der Waals surface area contributed by atoms with Crippen LogP contribution in [0.4, 0.5) is 0 Å². The molecular weight excluding hydrogens is 334 g/mol. The minimum atomic E-state index is -3.63. The molecule has 1 atom stereocenters. The number of aryl methyl sites for hydroxylation is 1. The van der Waals surface area contributed by atoms with Gasteiger partial charge >= 0.3 is 0 Å². The average Bonchev–Trinajstić information content (AvgIpc) is 2.78. The Morgan fingerprint density at radius 3 is 2.89 bits per heavy atom. The first-order valence-electron chi connectivity index (χ1n) is 5.88. The normalized spacial score (nSPS) is 23.7. The molecule has 0 saturated carbocycles. The maximum absolute atomic E-state index is 12.2. The van der Waals surface area contributed by atoms with Crippen molar-refractivity contribution < 1.29 is 18.3 Å². The van der Waals surface area contributed by atoms with Crippen molar-refractivity contribution >= 4 is 26.0 Å². The lowest BCUT2D eigenvalue weighted by Gasteiger charge is -2.21. The molecule has 0 bridgehead atoms. The van der Waals surface area contributed by atoms with Gasteiger partial charge in [0.25, 0.3) is 0 Å². The van der Waals surface area contributed by atoms with Crippen LogP contribution in [0.5, 0.6) is 0 Å². The molecule has 7 heteroatoms. The predicted octanol–water partition coefficient (Wildman–Crippen LogP) is 1.19. The lowest BCUT2D eigenvalue weighted by Crippen LogP contribution is -2.43. The summed E-state index contributed by atoms with van der Waals surface area (Å²) < 4.78 is 32.7. The highest BCUT2D eigenvalue weighted by molar-refractivity contribution is 9.10. The molecule has 1 aromatic carbocycles. The molecule has 2 rings (SSSR count).